The third-order valence-electron chi connectivity index (χ3n) is 2.17. The van der Waals surface area contributed by atoms with Gasteiger partial charge in [0.15, 0.2) is 0 Å². The van der Waals surface area contributed by atoms with Crippen molar-refractivity contribution in [3.8, 4) is 0 Å². The van der Waals surface area contributed by atoms with Crippen molar-refractivity contribution < 1.29 is 0 Å². The van der Waals surface area contributed by atoms with Crippen molar-refractivity contribution in [3.63, 3.8) is 0 Å². The molecule has 0 aliphatic carbocycles. The third-order valence-corrected chi connectivity index (χ3v) is 2.17. The molecular formula is C10H19N5. The van der Waals surface area contributed by atoms with Crippen molar-refractivity contribution in [1.82, 2.24) is 9.97 Å². The van der Waals surface area contributed by atoms with E-state index in [2.05, 4.69) is 20.2 Å². The highest BCUT2D eigenvalue weighted by atomic mass is 15.2. The fraction of sp³-hybridized carbons (Fsp3) is 0.600. The Labute approximate surface area is 90.7 Å². The summed E-state index contributed by atoms with van der Waals surface area (Å²) in [5.41, 5.74) is 5.47. The fourth-order valence-corrected chi connectivity index (χ4v) is 1.32. The summed E-state index contributed by atoms with van der Waals surface area (Å²) < 4.78 is 0. The van der Waals surface area contributed by atoms with Crippen LogP contribution >= 0.6 is 0 Å². The van der Waals surface area contributed by atoms with Gasteiger partial charge in [0, 0.05) is 26.7 Å². The van der Waals surface area contributed by atoms with Crippen LogP contribution in [0.2, 0.25) is 0 Å². The third kappa shape index (κ3) is 3.36. The van der Waals surface area contributed by atoms with Crippen LogP contribution in [-0.4, -0.2) is 37.2 Å². The minimum atomic E-state index is 0.702. The molecule has 0 radical (unpaired) electrons. The molecule has 0 aliphatic rings. The Balaban J connectivity index is 2.78. The Bertz CT molecular complexity index is 313. The molecule has 1 rings (SSSR count). The minimum absolute atomic E-state index is 0.702. The van der Waals surface area contributed by atoms with Gasteiger partial charge in [0.2, 0.25) is 0 Å². The lowest BCUT2D eigenvalue weighted by atomic mass is 10.4. The SMILES string of the molecule is CNc1cc(N(C)CCCN)nc(C)n1. The van der Waals surface area contributed by atoms with Crippen LogP contribution in [0.25, 0.3) is 0 Å². The summed E-state index contributed by atoms with van der Waals surface area (Å²) in [5.74, 6) is 2.55. The summed E-state index contributed by atoms with van der Waals surface area (Å²) >= 11 is 0. The molecule has 5 heteroatoms. The van der Waals surface area contributed by atoms with E-state index in [1.54, 1.807) is 0 Å². The van der Waals surface area contributed by atoms with Gasteiger partial charge in [-0.15, -0.1) is 0 Å². The minimum Gasteiger partial charge on any atom is -0.373 e. The van der Waals surface area contributed by atoms with Gasteiger partial charge in [-0.25, -0.2) is 9.97 Å². The van der Waals surface area contributed by atoms with E-state index in [0.29, 0.717) is 6.54 Å². The number of nitrogens with zero attached hydrogens (tertiary/aromatic N) is 3. The smallest absolute Gasteiger partial charge is 0.134 e. The first-order valence-corrected chi connectivity index (χ1v) is 5.12. The average molecular weight is 209 g/mol. The van der Waals surface area contributed by atoms with Gasteiger partial charge in [-0.3, -0.25) is 0 Å². The average Bonchev–Trinajstić information content (AvgIpc) is 2.24. The van der Waals surface area contributed by atoms with E-state index in [4.69, 9.17) is 5.73 Å². The lowest BCUT2D eigenvalue weighted by Crippen LogP contribution is -2.22. The van der Waals surface area contributed by atoms with E-state index in [9.17, 15) is 0 Å². The van der Waals surface area contributed by atoms with Crippen LogP contribution in [0.3, 0.4) is 0 Å². The summed E-state index contributed by atoms with van der Waals surface area (Å²) in [6.07, 6.45) is 0.967. The quantitative estimate of drug-likeness (QED) is 0.744. The molecule has 0 aromatic carbocycles. The van der Waals surface area contributed by atoms with Crippen molar-refractivity contribution in [1.29, 1.82) is 0 Å². The molecule has 1 aromatic heterocycles. The Hall–Kier alpha value is -1.36. The predicted octanol–water partition coefficient (Wildman–Crippen LogP) is 0.612. The molecule has 0 bridgehead atoms. The number of nitrogens with one attached hydrogen (secondary N) is 1. The van der Waals surface area contributed by atoms with Crippen molar-refractivity contribution >= 4 is 11.6 Å². The van der Waals surface area contributed by atoms with Crippen LogP contribution in [0.5, 0.6) is 0 Å². The molecule has 0 amide bonds. The highest BCUT2D eigenvalue weighted by Crippen LogP contribution is 2.13. The van der Waals surface area contributed by atoms with Crippen molar-refractivity contribution in [3.05, 3.63) is 11.9 Å². The number of aromatic nitrogens is 2. The maximum atomic E-state index is 5.47. The highest BCUT2D eigenvalue weighted by Gasteiger charge is 2.04. The van der Waals surface area contributed by atoms with E-state index >= 15 is 0 Å². The van der Waals surface area contributed by atoms with Crippen LogP contribution in [0.1, 0.15) is 12.2 Å². The van der Waals surface area contributed by atoms with E-state index < -0.39 is 0 Å². The second kappa shape index (κ2) is 5.50. The molecule has 0 unspecified atom stereocenters. The van der Waals surface area contributed by atoms with Gasteiger partial charge < -0.3 is 16.0 Å². The van der Waals surface area contributed by atoms with E-state index in [1.807, 2.05) is 27.1 Å². The Morgan fingerprint density at radius 1 is 1.47 bits per heavy atom. The molecule has 0 spiro atoms. The summed E-state index contributed by atoms with van der Waals surface area (Å²) in [5, 5.41) is 3.02. The van der Waals surface area contributed by atoms with Crippen LogP contribution in [0, 0.1) is 6.92 Å². The van der Waals surface area contributed by atoms with Gasteiger partial charge in [0.25, 0.3) is 0 Å². The maximum Gasteiger partial charge on any atom is 0.134 e. The highest BCUT2D eigenvalue weighted by molar-refractivity contribution is 5.48. The van der Waals surface area contributed by atoms with Crippen LogP contribution in [-0.2, 0) is 0 Å². The molecule has 0 atom stereocenters. The van der Waals surface area contributed by atoms with Crippen molar-refractivity contribution in [2.75, 3.05) is 37.4 Å². The molecule has 3 N–H and O–H groups in total. The number of hydrogen-bond donors (Lipinski definition) is 2. The largest absolute Gasteiger partial charge is 0.373 e. The predicted molar refractivity (Wildman–Crippen MR) is 63.3 cm³/mol. The summed E-state index contributed by atoms with van der Waals surface area (Å²) in [4.78, 5) is 10.7. The molecule has 15 heavy (non-hydrogen) atoms. The number of nitrogens with two attached hydrogens (primary N) is 1. The van der Waals surface area contributed by atoms with Gasteiger partial charge in [0.05, 0.1) is 0 Å². The normalized spacial score (nSPS) is 10.1. The molecular weight excluding hydrogens is 190 g/mol. The number of aryl methyl sites for hydroxylation is 1. The number of anilines is 2. The fourth-order valence-electron chi connectivity index (χ4n) is 1.32. The summed E-state index contributed by atoms with van der Waals surface area (Å²) in [6, 6.07) is 1.93. The molecule has 1 aromatic rings. The summed E-state index contributed by atoms with van der Waals surface area (Å²) in [7, 11) is 3.86. The van der Waals surface area contributed by atoms with Crippen LogP contribution in [0.4, 0.5) is 11.6 Å². The van der Waals surface area contributed by atoms with Gasteiger partial charge in [0.1, 0.15) is 17.5 Å². The second-order valence-corrected chi connectivity index (χ2v) is 3.47. The molecule has 0 aliphatic heterocycles. The van der Waals surface area contributed by atoms with Gasteiger partial charge in [-0.05, 0) is 19.9 Å². The van der Waals surface area contributed by atoms with E-state index in [-0.39, 0.29) is 0 Å². The molecule has 0 saturated heterocycles. The Morgan fingerprint density at radius 3 is 2.80 bits per heavy atom. The monoisotopic (exact) mass is 209 g/mol. The van der Waals surface area contributed by atoms with Crippen LogP contribution in [0.15, 0.2) is 6.07 Å². The zero-order valence-corrected chi connectivity index (χ0v) is 9.62. The first kappa shape index (κ1) is 11.7. The summed E-state index contributed by atoms with van der Waals surface area (Å²) in [6.45, 7) is 3.50. The zero-order chi connectivity index (χ0) is 11.3. The lowest BCUT2D eigenvalue weighted by molar-refractivity contribution is 0.782. The van der Waals surface area contributed by atoms with E-state index in [0.717, 1.165) is 30.4 Å². The second-order valence-electron chi connectivity index (χ2n) is 3.47. The standard InChI is InChI=1S/C10H19N5/c1-8-13-9(12-2)7-10(14-8)15(3)6-4-5-11/h7H,4-6,11H2,1-3H3,(H,12,13,14). The van der Waals surface area contributed by atoms with E-state index in [1.165, 1.54) is 0 Å². The molecule has 84 valence electrons. The molecule has 0 saturated carbocycles. The van der Waals surface area contributed by atoms with Crippen molar-refractivity contribution in [2.24, 2.45) is 5.73 Å². The van der Waals surface area contributed by atoms with Crippen molar-refractivity contribution in [2.45, 2.75) is 13.3 Å². The lowest BCUT2D eigenvalue weighted by Gasteiger charge is -2.18. The first-order valence-electron chi connectivity index (χ1n) is 5.12. The topological polar surface area (TPSA) is 67.1 Å². The van der Waals surface area contributed by atoms with Gasteiger partial charge in [-0.2, -0.15) is 0 Å². The Kier molecular flexibility index (Phi) is 4.30. The molecule has 1 heterocycles. The molecule has 5 nitrogen and oxygen atoms in total. The zero-order valence-electron chi connectivity index (χ0n) is 9.62. The van der Waals surface area contributed by atoms with Crippen LogP contribution < -0.4 is 16.0 Å². The number of rotatable bonds is 5. The molecule has 0 fully saturated rings. The van der Waals surface area contributed by atoms with Gasteiger partial charge in [-0.1, -0.05) is 0 Å². The first-order chi connectivity index (χ1) is 7.17. The Morgan fingerprint density at radius 2 is 2.20 bits per heavy atom. The van der Waals surface area contributed by atoms with Gasteiger partial charge >= 0.3 is 0 Å². The number of hydrogen-bond acceptors (Lipinski definition) is 5. The maximum absolute atomic E-state index is 5.47.